The third-order valence-corrected chi connectivity index (χ3v) is 3.64. The Morgan fingerprint density at radius 2 is 2.44 bits per heavy atom. The molecular formula is C13H19N3O2. The van der Waals surface area contributed by atoms with E-state index in [9.17, 15) is 4.79 Å². The standard InChI is InChI=1S/C13H19N3O2/c1-10(12-8-14-5-6-15-12)16-7-4-11(9-16)2-3-13(17)18/h5-6,8,10-11H,2-4,7,9H2,1H3,(H,17,18). The predicted octanol–water partition coefficient (Wildman–Crippen LogP) is 1.72. The minimum absolute atomic E-state index is 0.258. The number of nitrogens with zero attached hydrogens (tertiary/aromatic N) is 3. The van der Waals surface area contributed by atoms with E-state index >= 15 is 0 Å². The van der Waals surface area contributed by atoms with Crippen LogP contribution in [0.15, 0.2) is 18.6 Å². The van der Waals surface area contributed by atoms with Gasteiger partial charge in [-0.05, 0) is 32.2 Å². The quantitative estimate of drug-likeness (QED) is 0.860. The van der Waals surface area contributed by atoms with Crippen LogP contribution < -0.4 is 0 Å². The molecule has 1 aromatic heterocycles. The molecule has 5 nitrogen and oxygen atoms in total. The first kappa shape index (κ1) is 13.0. The molecule has 2 unspecified atom stereocenters. The van der Waals surface area contributed by atoms with Crippen molar-refractivity contribution < 1.29 is 9.90 Å². The fourth-order valence-electron chi connectivity index (χ4n) is 2.49. The fourth-order valence-corrected chi connectivity index (χ4v) is 2.49. The number of carboxylic acid groups (broad SMARTS) is 1. The van der Waals surface area contributed by atoms with Gasteiger partial charge in [0.2, 0.25) is 0 Å². The number of likely N-dealkylation sites (tertiary alicyclic amines) is 1. The molecule has 1 N–H and O–H groups in total. The predicted molar refractivity (Wildman–Crippen MR) is 67.0 cm³/mol. The van der Waals surface area contributed by atoms with E-state index in [-0.39, 0.29) is 12.5 Å². The van der Waals surface area contributed by atoms with Crippen molar-refractivity contribution in [3.8, 4) is 0 Å². The van der Waals surface area contributed by atoms with Crippen molar-refractivity contribution in [1.82, 2.24) is 14.9 Å². The van der Waals surface area contributed by atoms with Crippen LogP contribution in [-0.4, -0.2) is 39.0 Å². The van der Waals surface area contributed by atoms with Crippen LogP contribution in [0.3, 0.4) is 0 Å². The Labute approximate surface area is 107 Å². The Morgan fingerprint density at radius 1 is 1.61 bits per heavy atom. The van der Waals surface area contributed by atoms with Gasteiger partial charge in [-0.15, -0.1) is 0 Å². The lowest BCUT2D eigenvalue weighted by Crippen LogP contribution is -2.25. The Kier molecular flexibility index (Phi) is 4.25. The van der Waals surface area contributed by atoms with Gasteiger partial charge in [-0.1, -0.05) is 0 Å². The normalized spacial score (nSPS) is 21.9. The van der Waals surface area contributed by atoms with E-state index in [0.29, 0.717) is 5.92 Å². The Hall–Kier alpha value is -1.49. The Morgan fingerprint density at radius 3 is 3.11 bits per heavy atom. The maximum Gasteiger partial charge on any atom is 0.303 e. The van der Waals surface area contributed by atoms with Gasteiger partial charge in [-0.3, -0.25) is 19.7 Å². The van der Waals surface area contributed by atoms with Crippen molar-refractivity contribution in [1.29, 1.82) is 0 Å². The third-order valence-electron chi connectivity index (χ3n) is 3.64. The SMILES string of the molecule is CC(c1cnccn1)N1CCC(CCC(=O)O)C1. The van der Waals surface area contributed by atoms with Crippen molar-refractivity contribution in [2.45, 2.75) is 32.2 Å². The third kappa shape index (κ3) is 3.26. The van der Waals surface area contributed by atoms with Gasteiger partial charge in [0.15, 0.2) is 0 Å². The van der Waals surface area contributed by atoms with Gasteiger partial charge in [0.25, 0.3) is 0 Å². The summed E-state index contributed by atoms with van der Waals surface area (Å²) in [4.78, 5) is 21.3. The smallest absolute Gasteiger partial charge is 0.303 e. The van der Waals surface area contributed by atoms with Crippen LogP contribution in [0.1, 0.15) is 37.9 Å². The average Bonchev–Trinajstić information content (AvgIpc) is 2.85. The zero-order valence-electron chi connectivity index (χ0n) is 10.6. The second kappa shape index (κ2) is 5.91. The minimum Gasteiger partial charge on any atom is -0.481 e. The van der Waals surface area contributed by atoms with Gasteiger partial charge in [-0.25, -0.2) is 0 Å². The van der Waals surface area contributed by atoms with Gasteiger partial charge in [0, 0.05) is 31.6 Å². The van der Waals surface area contributed by atoms with E-state index in [4.69, 9.17) is 5.11 Å². The summed E-state index contributed by atoms with van der Waals surface area (Å²) in [5.74, 6) is -0.198. The van der Waals surface area contributed by atoms with Crippen LogP contribution in [0.25, 0.3) is 0 Å². The second-order valence-corrected chi connectivity index (χ2v) is 4.89. The molecule has 1 aliphatic rings. The maximum atomic E-state index is 10.6. The lowest BCUT2D eigenvalue weighted by molar-refractivity contribution is -0.137. The van der Waals surface area contributed by atoms with E-state index in [1.165, 1.54) is 0 Å². The average molecular weight is 249 g/mol. The van der Waals surface area contributed by atoms with Gasteiger partial charge in [0.1, 0.15) is 0 Å². The van der Waals surface area contributed by atoms with Crippen molar-refractivity contribution in [3.05, 3.63) is 24.3 Å². The molecule has 0 spiro atoms. The summed E-state index contributed by atoms with van der Waals surface area (Å²) in [6.07, 6.45) is 7.32. The minimum atomic E-state index is -0.699. The van der Waals surface area contributed by atoms with Gasteiger partial charge in [-0.2, -0.15) is 0 Å². The van der Waals surface area contributed by atoms with Crippen LogP contribution in [0.2, 0.25) is 0 Å². The van der Waals surface area contributed by atoms with Crippen molar-refractivity contribution in [2.75, 3.05) is 13.1 Å². The summed E-state index contributed by atoms with van der Waals surface area (Å²) in [7, 11) is 0. The van der Waals surface area contributed by atoms with Crippen LogP contribution in [-0.2, 0) is 4.79 Å². The lowest BCUT2D eigenvalue weighted by Gasteiger charge is -2.23. The summed E-state index contributed by atoms with van der Waals surface area (Å²) in [5, 5.41) is 8.70. The fraction of sp³-hybridized carbons (Fsp3) is 0.615. The molecule has 2 heterocycles. The highest BCUT2D eigenvalue weighted by atomic mass is 16.4. The molecule has 2 rings (SSSR count). The Balaban J connectivity index is 1.87. The van der Waals surface area contributed by atoms with Crippen molar-refractivity contribution in [3.63, 3.8) is 0 Å². The number of aromatic nitrogens is 2. The number of aliphatic carboxylic acids is 1. The number of rotatable bonds is 5. The highest BCUT2D eigenvalue weighted by molar-refractivity contribution is 5.66. The number of carboxylic acids is 1. The zero-order chi connectivity index (χ0) is 13.0. The molecule has 1 aliphatic heterocycles. The first-order valence-electron chi connectivity index (χ1n) is 6.38. The highest BCUT2D eigenvalue weighted by Crippen LogP contribution is 2.28. The molecule has 0 aromatic carbocycles. The summed E-state index contributed by atoms with van der Waals surface area (Å²) >= 11 is 0. The summed E-state index contributed by atoms with van der Waals surface area (Å²) in [6, 6.07) is 0.258. The molecule has 2 atom stereocenters. The highest BCUT2D eigenvalue weighted by Gasteiger charge is 2.27. The molecule has 0 saturated carbocycles. The summed E-state index contributed by atoms with van der Waals surface area (Å²) < 4.78 is 0. The van der Waals surface area contributed by atoms with E-state index in [1.54, 1.807) is 18.6 Å². The number of hydrogen-bond donors (Lipinski definition) is 1. The van der Waals surface area contributed by atoms with Crippen LogP contribution >= 0.6 is 0 Å². The maximum absolute atomic E-state index is 10.6. The summed E-state index contributed by atoms with van der Waals surface area (Å²) in [6.45, 7) is 4.11. The summed E-state index contributed by atoms with van der Waals surface area (Å²) in [5.41, 5.74) is 0.983. The van der Waals surface area contributed by atoms with Crippen LogP contribution in [0, 0.1) is 5.92 Å². The molecule has 0 amide bonds. The molecule has 0 bridgehead atoms. The zero-order valence-corrected chi connectivity index (χ0v) is 10.6. The number of carbonyl (C=O) groups is 1. The molecule has 1 saturated heterocycles. The molecule has 18 heavy (non-hydrogen) atoms. The lowest BCUT2D eigenvalue weighted by atomic mass is 10.0. The first-order chi connectivity index (χ1) is 8.66. The van der Waals surface area contributed by atoms with Gasteiger partial charge < -0.3 is 5.11 Å². The molecular weight excluding hydrogens is 230 g/mol. The molecule has 5 heteroatoms. The topological polar surface area (TPSA) is 66.3 Å². The molecule has 0 aliphatic carbocycles. The molecule has 1 aromatic rings. The van der Waals surface area contributed by atoms with Crippen molar-refractivity contribution in [2.24, 2.45) is 5.92 Å². The molecule has 1 fully saturated rings. The van der Waals surface area contributed by atoms with E-state index in [0.717, 1.165) is 31.6 Å². The second-order valence-electron chi connectivity index (χ2n) is 4.89. The van der Waals surface area contributed by atoms with E-state index in [2.05, 4.69) is 21.8 Å². The molecule has 0 radical (unpaired) electrons. The van der Waals surface area contributed by atoms with Crippen LogP contribution in [0.5, 0.6) is 0 Å². The monoisotopic (exact) mass is 249 g/mol. The largest absolute Gasteiger partial charge is 0.481 e. The van der Waals surface area contributed by atoms with Crippen LogP contribution in [0.4, 0.5) is 0 Å². The van der Waals surface area contributed by atoms with Gasteiger partial charge in [0.05, 0.1) is 11.7 Å². The van der Waals surface area contributed by atoms with E-state index < -0.39 is 5.97 Å². The number of hydrogen-bond acceptors (Lipinski definition) is 4. The Bertz CT molecular complexity index is 396. The molecule has 98 valence electrons. The van der Waals surface area contributed by atoms with E-state index in [1.807, 2.05) is 0 Å². The van der Waals surface area contributed by atoms with Crippen molar-refractivity contribution >= 4 is 5.97 Å². The van der Waals surface area contributed by atoms with Gasteiger partial charge >= 0.3 is 5.97 Å². The first-order valence-corrected chi connectivity index (χ1v) is 6.38.